The first kappa shape index (κ1) is 16.4. The fourth-order valence-electron chi connectivity index (χ4n) is 2.58. The molecule has 2 aromatic heterocycles. The van der Waals surface area contributed by atoms with Crippen LogP contribution in [0, 0.1) is 13.8 Å². The van der Waals surface area contributed by atoms with E-state index in [1.807, 2.05) is 50.2 Å². The van der Waals surface area contributed by atoms with Crippen LogP contribution in [0.1, 0.15) is 27.4 Å². The Hall–Kier alpha value is -2.41. The Morgan fingerprint density at radius 1 is 1.21 bits per heavy atom. The van der Waals surface area contributed by atoms with Crippen molar-refractivity contribution in [2.24, 2.45) is 7.05 Å². The largest absolute Gasteiger partial charge is 0.305 e. The Bertz CT molecular complexity index is 882. The van der Waals surface area contributed by atoms with Gasteiger partial charge in [-0.2, -0.15) is 10.2 Å². The van der Waals surface area contributed by atoms with E-state index in [4.69, 9.17) is 0 Å². The number of carbonyl (C=O) groups is 1. The lowest BCUT2D eigenvalue weighted by molar-refractivity contribution is 0.101. The molecule has 1 amide bonds. The fraction of sp³-hybridized carbons (Fsp3) is 0.235. The number of rotatable bonds is 4. The van der Waals surface area contributed by atoms with Gasteiger partial charge in [0.1, 0.15) is 11.5 Å². The van der Waals surface area contributed by atoms with Crippen LogP contribution >= 0.6 is 15.9 Å². The summed E-state index contributed by atoms with van der Waals surface area (Å²) in [7, 11) is 1.75. The fourth-order valence-corrected chi connectivity index (χ4v) is 3.09. The van der Waals surface area contributed by atoms with Gasteiger partial charge in [0.15, 0.2) is 0 Å². The Balaban J connectivity index is 1.86. The number of halogens is 1. The minimum Gasteiger partial charge on any atom is -0.305 e. The van der Waals surface area contributed by atoms with Gasteiger partial charge in [-0.05, 0) is 35.3 Å². The van der Waals surface area contributed by atoms with E-state index >= 15 is 0 Å². The first-order valence-corrected chi connectivity index (χ1v) is 8.34. The third-order valence-electron chi connectivity index (χ3n) is 3.68. The summed E-state index contributed by atoms with van der Waals surface area (Å²) in [6.07, 6.45) is 0. The number of amides is 1. The molecule has 1 N–H and O–H groups in total. The van der Waals surface area contributed by atoms with Crippen LogP contribution in [0.3, 0.4) is 0 Å². The standard InChI is InChI=1S/C17H18BrN5O/c1-11-9-14(23(20-11)10-13-7-5-4-6-8-13)19-17(24)16-15(18)12(2)21-22(16)3/h4-9H,10H2,1-3H3,(H,19,24). The zero-order valence-corrected chi connectivity index (χ0v) is 15.3. The van der Waals surface area contributed by atoms with Crippen LogP contribution in [-0.2, 0) is 13.6 Å². The van der Waals surface area contributed by atoms with Gasteiger partial charge in [-0.1, -0.05) is 30.3 Å². The number of hydrogen-bond acceptors (Lipinski definition) is 3. The van der Waals surface area contributed by atoms with Crippen molar-refractivity contribution in [3.05, 3.63) is 63.5 Å². The van der Waals surface area contributed by atoms with Gasteiger partial charge in [0, 0.05) is 13.1 Å². The van der Waals surface area contributed by atoms with E-state index in [1.54, 1.807) is 16.4 Å². The summed E-state index contributed by atoms with van der Waals surface area (Å²) in [5, 5.41) is 11.7. The summed E-state index contributed by atoms with van der Waals surface area (Å²) in [6.45, 7) is 4.35. The minimum absolute atomic E-state index is 0.223. The average Bonchev–Trinajstić information content (AvgIpc) is 2.99. The number of nitrogens with one attached hydrogen (secondary N) is 1. The van der Waals surface area contributed by atoms with Gasteiger partial charge < -0.3 is 5.32 Å². The van der Waals surface area contributed by atoms with Crippen LogP contribution in [0.5, 0.6) is 0 Å². The molecule has 0 saturated heterocycles. The molecule has 24 heavy (non-hydrogen) atoms. The summed E-state index contributed by atoms with van der Waals surface area (Å²) in [5.74, 6) is 0.436. The number of benzene rings is 1. The number of carbonyl (C=O) groups excluding carboxylic acids is 1. The maximum absolute atomic E-state index is 12.6. The second kappa shape index (κ2) is 6.60. The Kier molecular flexibility index (Phi) is 4.53. The van der Waals surface area contributed by atoms with Crippen molar-refractivity contribution < 1.29 is 4.79 Å². The first-order chi connectivity index (χ1) is 11.5. The van der Waals surface area contributed by atoms with Crippen molar-refractivity contribution in [3.8, 4) is 0 Å². The number of anilines is 1. The van der Waals surface area contributed by atoms with E-state index in [0.29, 0.717) is 22.5 Å². The van der Waals surface area contributed by atoms with Crippen LogP contribution in [-0.4, -0.2) is 25.5 Å². The van der Waals surface area contributed by atoms with Gasteiger partial charge >= 0.3 is 0 Å². The maximum atomic E-state index is 12.6. The number of aromatic nitrogens is 4. The van der Waals surface area contributed by atoms with Crippen LogP contribution in [0.25, 0.3) is 0 Å². The van der Waals surface area contributed by atoms with Gasteiger partial charge in [-0.15, -0.1) is 0 Å². The molecule has 3 aromatic rings. The lowest BCUT2D eigenvalue weighted by Gasteiger charge is -2.09. The van der Waals surface area contributed by atoms with Crippen LogP contribution < -0.4 is 5.32 Å². The summed E-state index contributed by atoms with van der Waals surface area (Å²) >= 11 is 3.43. The smallest absolute Gasteiger partial charge is 0.276 e. The van der Waals surface area contributed by atoms with E-state index in [2.05, 4.69) is 31.4 Å². The van der Waals surface area contributed by atoms with Crippen molar-refractivity contribution in [3.63, 3.8) is 0 Å². The van der Waals surface area contributed by atoms with E-state index in [9.17, 15) is 4.79 Å². The average molecular weight is 388 g/mol. The van der Waals surface area contributed by atoms with Crippen LogP contribution in [0.15, 0.2) is 40.9 Å². The number of nitrogens with zero attached hydrogens (tertiary/aromatic N) is 4. The first-order valence-electron chi connectivity index (χ1n) is 7.54. The van der Waals surface area contributed by atoms with Crippen molar-refractivity contribution in [1.29, 1.82) is 0 Å². The molecule has 0 unspecified atom stereocenters. The van der Waals surface area contributed by atoms with Crippen molar-refractivity contribution >= 4 is 27.7 Å². The highest BCUT2D eigenvalue weighted by molar-refractivity contribution is 9.10. The van der Waals surface area contributed by atoms with E-state index in [1.165, 1.54) is 0 Å². The highest BCUT2D eigenvalue weighted by atomic mass is 79.9. The molecule has 2 heterocycles. The molecular formula is C17H18BrN5O. The predicted octanol–water partition coefficient (Wildman–Crippen LogP) is 3.30. The van der Waals surface area contributed by atoms with Gasteiger partial charge in [0.2, 0.25) is 0 Å². The van der Waals surface area contributed by atoms with Gasteiger partial charge in [0.25, 0.3) is 5.91 Å². The molecule has 124 valence electrons. The summed E-state index contributed by atoms with van der Waals surface area (Å²) in [5.41, 5.74) is 3.23. The maximum Gasteiger partial charge on any atom is 0.276 e. The van der Waals surface area contributed by atoms with Crippen molar-refractivity contribution in [2.75, 3.05) is 5.32 Å². The molecule has 0 fully saturated rings. The molecule has 0 radical (unpaired) electrons. The van der Waals surface area contributed by atoms with Crippen molar-refractivity contribution in [1.82, 2.24) is 19.6 Å². The van der Waals surface area contributed by atoms with Crippen molar-refractivity contribution in [2.45, 2.75) is 20.4 Å². The summed E-state index contributed by atoms with van der Waals surface area (Å²) in [6, 6.07) is 11.9. The van der Waals surface area contributed by atoms with Crippen LogP contribution in [0.2, 0.25) is 0 Å². The molecule has 0 aliphatic carbocycles. The van der Waals surface area contributed by atoms with Gasteiger partial charge in [-0.3, -0.25) is 9.48 Å². The monoisotopic (exact) mass is 387 g/mol. The van der Waals surface area contributed by atoms with Crippen LogP contribution in [0.4, 0.5) is 5.82 Å². The zero-order chi connectivity index (χ0) is 17.3. The van der Waals surface area contributed by atoms with E-state index in [-0.39, 0.29) is 5.91 Å². The molecular weight excluding hydrogens is 370 g/mol. The molecule has 0 atom stereocenters. The molecule has 6 nitrogen and oxygen atoms in total. The molecule has 0 bridgehead atoms. The lowest BCUT2D eigenvalue weighted by atomic mass is 10.2. The van der Waals surface area contributed by atoms with Gasteiger partial charge in [0.05, 0.1) is 22.4 Å². The topological polar surface area (TPSA) is 64.7 Å². The van der Waals surface area contributed by atoms with E-state index in [0.717, 1.165) is 17.0 Å². The predicted molar refractivity (Wildman–Crippen MR) is 96.1 cm³/mol. The number of hydrogen-bond donors (Lipinski definition) is 1. The lowest BCUT2D eigenvalue weighted by Crippen LogP contribution is -2.19. The third kappa shape index (κ3) is 3.26. The molecule has 7 heteroatoms. The molecule has 3 rings (SSSR count). The second-order valence-electron chi connectivity index (χ2n) is 5.64. The minimum atomic E-state index is -0.223. The SMILES string of the molecule is Cc1cc(NC(=O)c2c(Br)c(C)nn2C)n(Cc2ccccc2)n1. The third-order valence-corrected chi connectivity index (χ3v) is 4.63. The summed E-state index contributed by atoms with van der Waals surface area (Å²) in [4.78, 5) is 12.6. The Morgan fingerprint density at radius 2 is 1.92 bits per heavy atom. The summed E-state index contributed by atoms with van der Waals surface area (Å²) < 4.78 is 4.06. The Morgan fingerprint density at radius 3 is 2.54 bits per heavy atom. The Labute approximate surface area is 148 Å². The quantitative estimate of drug-likeness (QED) is 0.746. The highest BCUT2D eigenvalue weighted by Gasteiger charge is 2.20. The normalized spacial score (nSPS) is 10.8. The molecule has 0 spiro atoms. The molecule has 0 saturated carbocycles. The molecule has 0 aliphatic rings. The number of aryl methyl sites for hydroxylation is 3. The zero-order valence-electron chi connectivity index (χ0n) is 13.7. The second-order valence-corrected chi connectivity index (χ2v) is 6.43. The highest BCUT2D eigenvalue weighted by Crippen LogP contribution is 2.22. The van der Waals surface area contributed by atoms with E-state index < -0.39 is 0 Å². The van der Waals surface area contributed by atoms with Gasteiger partial charge in [-0.25, -0.2) is 4.68 Å². The molecule has 0 aliphatic heterocycles. The molecule has 1 aromatic carbocycles.